The molecule has 0 aliphatic carbocycles. The Balaban J connectivity index is 3.67. The Hall–Kier alpha value is -0.660. The lowest BCUT2D eigenvalue weighted by atomic mass is 10.4. The highest BCUT2D eigenvalue weighted by atomic mass is 32.2. The van der Waals surface area contributed by atoms with E-state index in [0.717, 1.165) is 17.0 Å². The molecule has 0 spiro atoms. The van der Waals surface area contributed by atoms with Gasteiger partial charge in [-0.05, 0) is 13.3 Å². The Morgan fingerprint density at radius 3 is 2.56 bits per heavy atom. The third-order valence-electron chi connectivity index (χ3n) is 1.92. The van der Waals surface area contributed by atoms with Crippen molar-refractivity contribution in [3.05, 3.63) is 0 Å². The fraction of sp³-hybridized carbons (Fsp3) is 0.889. The molecule has 7 heteroatoms. The normalized spacial score (nSPS) is 11.8. The third-order valence-corrected chi connectivity index (χ3v) is 3.19. The predicted molar refractivity (Wildman–Crippen MR) is 61.6 cm³/mol. The lowest BCUT2D eigenvalue weighted by molar-refractivity contribution is -0.121. The minimum atomic E-state index is -3.29. The average Bonchev–Trinajstić information content (AvgIpc) is 2.16. The first-order valence-electron chi connectivity index (χ1n) is 5.13. The van der Waals surface area contributed by atoms with Gasteiger partial charge in [0.15, 0.2) is 0 Å². The summed E-state index contributed by atoms with van der Waals surface area (Å²) in [7, 11) is -1.92. The molecule has 0 rings (SSSR count). The molecule has 6 nitrogen and oxygen atoms in total. The maximum Gasteiger partial charge on any atom is 0.235 e. The summed E-state index contributed by atoms with van der Waals surface area (Å²) in [5.41, 5.74) is 0. The van der Waals surface area contributed by atoms with Crippen LogP contribution in [0.3, 0.4) is 0 Å². The smallest absolute Gasteiger partial charge is 0.235 e. The van der Waals surface area contributed by atoms with Crippen molar-refractivity contribution in [2.45, 2.75) is 13.3 Å². The summed E-state index contributed by atoms with van der Waals surface area (Å²) < 4.78 is 28.1. The van der Waals surface area contributed by atoms with Gasteiger partial charge in [0.1, 0.15) is 0 Å². The van der Waals surface area contributed by atoms with Crippen molar-refractivity contribution in [2.75, 3.05) is 39.6 Å². The van der Waals surface area contributed by atoms with Crippen LogP contribution < -0.4 is 5.32 Å². The van der Waals surface area contributed by atoms with E-state index >= 15 is 0 Å². The van der Waals surface area contributed by atoms with Gasteiger partial charge in [-0.1, -0.05) is 0 Å². The van der Waals surface area contributed by atoms with E-state index in [1.807, 2.05) is 6.92 Å². The first-order chi connectivity index (χ1) is 7.38. The summed E-state index contributed by atoms with van der Waals surface area (Å²) in [5.74, 6) is -0.301. The Morgan fingerprint density at radius 1 is 1.44 bits per heavy atom. The van der Waals surface area contributed by atoms with Crippen molar-refractivity contribution in [3.63, 3.8) is 0 Å². The van der Waals surface area contributed by atoms with Crippen molar-refractivity contribution >= 4 is 15.9 Å². The van der Waals surface area contributed by atoms with E-state index in [-0.39, 0.29) is 12.5 Å². The zero-order chi connectivity index (χ0) is 12.6. The molecule has 0 fully saturated rings. The Kier molecular flexibility index (Phi) is 7.27. The zero-order valence-electron chi connectivity index (χ0n) is 10.0. The highest BCUT2D eigenvalue weighted by Crippen LogP contribution is 1.91. The van der Waals surface area contributed by atoms with Crippen molar-refractivity contribution in [3.8, 4) is 0 Å². The molecular weight excluding hydrogens is 232 g/mol. The highest BCUT2D eigenvalue weighted by Gasteiger charge is 2.14. The van der Waals surface area contributed by atoms with Gasteiger partial charge < -0.3 is 10.1 Å². The van der Waals surface area contributed by atoms with Gasteiger partial charge in [0.2, 0.25) is 15.9 Å². The molecule has 1 N–H and O–H groups in total. The molecule has 16 heavy (non-hydrogen) atoms. The minimum absolute atomic E-state index is 0.145. The molecule has 0 aliphatic heterocycles. The van der Waals surface area contributed by atoms with Gasteiger partial charge in [-0.15, -0.1) is 0 Å². The molecule has 0 heterocycles. The van der Waals surface area contributed by atoms with Crippen molar-refractivity contribution in [1.29, 1.82) is 0 Å². The van der Waals surface area contributed by atoms with Crippen molar-refractivity contribution in [1.82, 2.24) is 9.62 Å². The largest absolute Gasteiger partial charge is 0.382 e. The number of nitrogens with one attached hydrogen (secondary N) is 1. The van der Waals surface area contributed by atoms with E-state index in [4.69, 9.17) is 4.74 Å². The van der Waals surface area contributed by atoms with Crippen LogP contribution in [0.2, 0.25) is 0 Å². The van der Waals surface area contributed by atoms with E-state index in [2.05, 4.69) is 5.32 Å². The molecule has 0 unspecified atom stereocenters. The number of carbonyl (C=O) groups excluding carboxylic acids is 1. The van der Waals surface area contributed by atoms with Crippen molar-refractivity contribution in [2.24, 2.45) is 0 Å². The summed E-state index contributed by atoms with van der Waals surface area (Å²) in [4.78, 5) is 11.3. The fourth-order valence-corrected chi connectivity index (χ4v) is 1.27. The van der Waals surface area contributed by atoms with Crippen LogP contribution in [0.15, 0.2) is 0 Å². The van der Waals surface area contributed by atoms with Crippen LogP contribution in [-0.4, -0.2) is 58.2 Å². The Bertz CT molecular complexity index is 303. The number of rotatable bonds is 8. The number of carbonyl (C=O) groups is 1. The minimum Gasteiger partial charge on any atom is -0.382 e. The number of amides is 1. The van der Waals surface area contributed by atoms with Crippen molar-refractivity contribution < 1.29 is 17.9 Å². The highest BCUT2D eigenvalue weighted by molar-refractivity contribution is 7.88. The van der Waals surface area contributed by atoms with Gasteiger partial charge in [-0.25, -0.2) is 8.42 Å². The topological polar surface area (TPSA) is 75.7 Å². The van der Waals surface area contributed by atoms with E-state index < -0.39 is 10.0 Å². The number of sulfonamides is 1. The van der Waals surface area contributed by atoms with Gasteiger partial charge in [-0.2, -0.15) is 4.31 Å². The molecule has 0 saturated heterocycles. The van der Waals surface area contributed by atoms with Crippen LogP contribution in [0, 0.1) is 0 Å². The maximum atomic E-state index is 11.3. The van der Waals surface area contributed by atoms with Gasteiger partial charge in [-0.3, -0.25) is 4.79 Å². The van der Waals surface area contributed by atoms with Crippen LogP contribution >= 0.6 is 0 Å². The quantitative estimate of drug-likeness (QED) is 0.586. The third kappa shape index (κ3) is 7.61. The van der Waals surface area contributed by atoms with E-state index in [0.29, 0.717) is 19.8 Å². The molecule has 96 valence electrons. The van der Waals surface area contributed by atoms with Crippen LogP contribution in [0.4, 0.5) is 0 Å². The van der Waals surface area contributed by atoms with Gasteiger partial charge in [0.05, 0.1) is 12.8 Å². The van der Waals surface area contributed by atoms with Crippen LogP contribution in [0.25, 0.3) is 0 Å². The summed E-state index contributed by atoms with van der Waals surface area (Å²) >= 11 is 0. The SMILES string of the molecule is CCOCCCNC(=O)CN(C)S(C)(=O)=O. The molecule has 0 radical (unpaired) electrons. The molecule has 0 atom stereocenters. The number of hydrogen-bond acceptors (Lipinski definition) is 4. The van der Waals surface area contributed by atoms with Gasteiger partial charge in [0, 0.05) is 26.8 Å². The molecule has 0 bridgehead atoms. The summed E-state index contributed by atoms with van der Waals surface area (Å²) in [5, 5.41) is 2.62. The molecule has 0 aromatic rings. The van der Waals surface area contributed by atoms with E-state index in [9.17, 15) is 13.2 Å². The Labute approximate surface area is 97.0 Å². The predicted octanol–water partition coefficient (Wildman–Crippen LogP) is -0.579. The number of ether oxygens (including phenoxy) is 1. The number of hydrogen-bond donors (Lipinski definition) is 1. The first kappa shape index (κ1) is 15.3. The maximum absolute atomic E-state index is 11.3. The van der Waals surface area contributed by atoms with Gasteiger partial charge in [0.25, 0.3) is 0 Å². The molecule has 0 saturated carbocycles. The number of likely N-dealkylation sites (N-methyl/N-ethyl adjacent to an activating group) is 1. The van der Waals surface area contributed by atoms with E-state index in [1.165, 1.54) is 7.05 Å². The lowest BCUT2D eigenvalue weighted by Crippen LogP contribution is -2.38. The number of nitrogens with zero attached hydrogens (tertiary/aromatic N) is 1. The second kappa shape index (κ2) is 7.59. The monoisotopic (exact) mass is 252 g/mol. The Morgan fingerprint density at radius 2 is 2.06 bits per heavy atom. The molecule has 1 amide bonds. The fourth-order valence-electron chi connectivity index (χ4n) is 0.922. The van der Waals surface area contributed by atoms with Crippen LogP contribution in [0.5, 0.6) is 0 Å². The van der Waals surface area contributed by atoms with Gasteiger partial charge >= 0.3 is 0 Å². The second-order valence-electron chi connectivity index (χ2n) is 3.42. The first-order valence-corrected chi connectivity index (χ1v) is 6.98. The molecule has 0 aliphatic rings. The molecule has 0 aromatic heterocycles. The molecule has 0 aromatic carbocycles. The van der Waals surface area contributed by atoms with Crippen LogP contribution in [0.1, 0.15) is 13.3 Å². The summed E-state index contributed by atoms with van der Waals surface area (Å²) in [6.07, 6.45) is 1.79. The molecular formula is C9H20N2O4S. The van der Waals surface area contributed by atoms with Crippen LogP contribution in [-0.2, 0) is 19.6 Å². The lowest BCUT2D eigenvalue weighted by Gasteiger charge is -2.13. The average molecular weight is 252 g/mol. The second-order valence-corrected chi connectivity index (χ2v) is 5.51. The zero-order valence-corrected chi connectivity index (χ0v) is 10.8. The summed E-state index contributed by atoms with van der Waals surface area (Å²) in [6.45, 7) is 3.51. The summed E-state index contributed by atoms with van der Waals surface area (Å²) in [6, 6.07) is 0. The standard InChI is InChI=1S/C9H20N2O4S/c1-4-15-7-5-6-10-9(12)8-11(2)16(3,13)14/h4-8H2,1-3H3,(H,10,12). The van der Waals surface area contributed by atoms with E-state index in [1.54, 1.807) is 0 Å².